The molecule has 0 saturated carbocycles. The Balaban J connectivity index is 0.00000480. The number of nitrogens with one attached hydrogen (secondary N) is 1. The predicted octanol–water partition coefficient (Wildman–Crippen LogP) is 0.437. The number of carboxylic acid groups (broad SMARTS) is 1. The fourth-order valence-electron chi connectivity index (χ4n) is 3.03. The number of allylic oxidation sites excluding steroid dienone is 1. The Morgan fingerprint density at radius 3 is 2.55 bits per heavy atom. The number of hydrogen-bond acceptors (Lipinski definition) is 5. The molecule has 0 saturated heterocycles. The minimum Gasteiger partial charge on any atom is -0.550 e. The molecule has 0 aliphatic heterocycles. The van der Waals surface area contributed by atoms with Crippen molar-refractivity contribution in [2.45, 2.75) is 43.4 Å². The van der Waals surface area contributed by atoms with E-state index in [-0.39, 0.29) is 68.6 Å². The van der Waals surface area contributed by atoms with Gasteiger partial charge in [0.1, 0.15) is 0 Å². The molecule has 1 atom stereocenters. The Morgan fingerprint density at radius 1 is 1.16 bits per heavy atom. The zero-order valence-electron chi connectivity index (χ0n) is 17.7. The zero-order chi connectivity index (χ0) is 21.8. The maximum Gasteiger partial charge on any atom is 1.00 e. The fourth-order valence-corrected chi connectivity index (χ4v) is 4.23. The third kappa shape index (κ3) is 11.7. The number of nitrogens with zero attached hydrogens (tertiary/aromatic N) is 1. The van der Waals surface area contributed by atoms with Crippen molar-refractivity contribution < 1.29 is 69.7 Å². The number of hydrogen-bond donors (Lipinski definition) is 1. The van der Waals surface area contributed by atoms with Crippen molar-refractivity contribution in [1.29, 1.82) is 0 Å². The van der Waals surface area contributed by atoms with Crippen molar-refractivity contribution in [3.8, 4) is 0 Å². The van der Waals surface area contributed by atoms with Gasteiger partial charge >= 0.3 is 51.4 Å². The van der Waals surface area contributed by atoms with E-state index in [4.69, 9.17) is 11.6 Å². The van der Waals surface area contributed by atoms with Crippen LogP contribution >= 0.6 is 11.6 Å². The van der Waals surface area contributed by atoms with E-state index in [1.165, 1.54) is 24.3 Å². The van der Waals surface area contributed by atoms with Gasteiger partial charge in [0.25, 0.3) is 0 Å². The van der Waals surface area contributed by atoms with E-state index in [9.17, 15) is 18.3 Å². The van der Waals surface area contributed by atoms with Crippen LogP contribution in [0.15, 0.2) is 59.8 Å². The molecule has 1 heterocycles. The van der Waals surface area contributed by atoms with Crippen LogP contribution in [0, 0.1) is 5.92 Å². The summed E-state index contributed by atoms with van der Waals surface area (Å²) >= 11 is 5.79. The summed E-state index contributed by atoms with van der Waals surface area (Å²) in [5.41, 5.74) is 0.993. The van der Waals surface area contributed by atoms with Gasteiger partial charge in [0.15, 0.2) is 0 Å². The third-order valence-electron chi connectivity index (χ3n) is 4.68. The number of benzene rings is 1. The standard InChI is InChI=1S/C22H27ClN2O4S.K/c23-20-10-12-21(13-11-20)30(28,29)25-16-2-1-5-18(9-14-22(26)27)6-3-7-19-8-4-15-24-17-19;/h3-4,7-8,10-13,15,17-18,25H,1-2,5-6,9,14,16H2,(H,26,27);/q;+1/p-1. The molecule has 0 aliphatic rings. The number of aromatic nitrogens is 1. The number of unbranched alkanes of at least 4 members (excludes halogenated alkanes) is 1. The predicted molar refractivity (Wildman–Crippen MR) is 116 cm³/mol. The average molecular weight is 489 g/mol. The van der Waals surface area contributed by atoms with Crippen molar-refractivity contribution in [3.63, 3.8) is 0 Å². The average Bonchev–Trinajstić information content (AvgIpc) is 2.72. The zero-order valence-corrected chi connectivity index (χ0v) is 22.4. The van der Waals surface area contributed by atoms with Gasteiger partial charge in [-0.1, -0.05) is 42.7 Å². The smallest absolute Gasteiger partial charge is 0.550 e. The first-order valence-electron chi connectivity index (χ1n) is 9.88. The molecule has 1 aromatic heterocycles. The number of halogens is 1. The van der Waals surface area contributed by atoms with Crippen molar-refractivity contribution in [3.05, 3.63) is 65.5 Å². The van der Waals surface area contributed by atoms with Crippen molar-refractivity contribution >= 4 is 33.7 Å². The third-order valence-corrected chi connectivity index (χ3v) is 6.40. The molecule has 0 fully saturated rings. The molecule has 9 heteroatoms. The van der Waals surface area contributed by atoms with Gasteiger partial charge in [-0.05, 0) is 67.5 Å². The van der Waals surface area contributed by atoms with Crippen LogP contribution in [0.1, 0.15) is 44.1 Å². The molecule has 1 unspecified atom stereocenters. The van der Waals surface area contributed by atoms with Gasteiger partial charge in [-0.25, -0.2) is 13.1 Å². The monoisotopic (exact) mass is 488 g/mol. The molecule has 0 aliphatic carbocycles. The van der Waals surface area contributed by atoms with Crippen LogP contribution in [0.25, 0.3) is 6.08 Å². The molecule has 31 heavy (non-hydrogen) atoms. The summed E-state index contributed by atoms with van der Waals surface area (Å²) in [7, 11) is -3.56. The van der Waals surface area contributed by atoms with E-state index >= 15 is 0 Å². The molecule has 0 bridgehead atoms. The number of rotatable bonds is 13. The number of carboxylic acids is 1. The van der Waals surface area contributed by atoms with Crippen LogP contribution in [0.4, 0.5) is 0 Å². The molecule has 2 aromatic rings. The Morgan fingerprint density at radius 2 is 1.90 bits per heavy atom. The topological polar surface area (TPSA) is 99.2 Å². The molecule has 0 amide bonds. The van der Waals surface area contributed by atoms with Crippen molar-refractivity contribution in [2.75, 3.05) is 6.54 Å². The summed E-state index contributed by atoms with van der Waals surface area (Å²) in [5.74, 6) is -0.851. The van der Waals surface area contributed by atoms with Crippen LogP contribution in [0.5, 0.6) is 0 Å². The van der Waals surface area contributed by atoms with Crippen LogP contribution in [0.3, 0.4) is 0 Å². The van der Waals surface area contributed by atoms with E-state index in [1.807, 2.05) is 24.3 Å². The van der Waals surface area contributed by atoms with Gasteiger partial charge in [-0.3, -0.25) is 4.98 Å². The summed E-state index contributed by atoms with van der Waals surface area (Å²) < 4.78 is 27.1. The SMILES string of the molecule is O=C([O-])CCC(CC=Cc1cccnc1)CCCCNS(=O)(=O)c1ccc(Cl)cc1.[K+]. The number of carbonyl (C=O) groups excluding carboxylic acids is 1. The molecule has 1 aromatic carbocycles. The molecular formula is C22H26ClKN2O4S. The summed E-state index contributed by atoms with van der Waals surface area (Å²) in [5, 5.41) is 11.3. The van der Waals surface area contributed by atoms with Crippen molar-refractivity contribution in [1.82, 2.24) is 9.71 Å². The van der Waals surface area contributed by atoms with E-state index in [0.717, 1.165) is 24.8 Å². The molecule has 1 N–H and O–H groups in total. The van der Waals surface area contributed by atoms with E-state index in [0.29, 0.717) is 24.4 Å². The molecule has 0 spiro atoms. The Bertz CT molecular complexity index is 922. The molecular weight excluding hydrogens is 463 g/mol. The number of carbonyl (C=O) groups is 1. The number of aliphatic carboxylic acids is 1. The maximum atomic E-state index is 12.3. The minimum atomic E-state index is -3.56. The normalized spacial score (nSPS) is 12.4. The number of pyridine rings is 1. The Kier molecular flexibility index (Phi) is 14.0. The summed E-state index contributed by atoms with van der Waals surface area (Å²) in [6.07, 6.45) is 11.1. The fraction of sp³-hybridized carbons (Fsp3) is 0.364. The molecule has 162 valence electrons. The second-order valence-corrected chi connectivity index (χ2v) is 9.25. The summed E-state index contributed by atoms with van der Waals surface area (Å²) in [4.78, 5) is 15.1. The van der Waals surface area contributed by atoms with Crippen LogP contribution in [-0.2, 0) is 14.8 Å². The molecule has 6 nitrogen and oxygen atoms in total. The molecule has 0 radical (unpaired) electrons. The van der Waals surface area contributed by atoms with E-state index in [2.05, 4.69) is 9.71 Å². The first-order chi connectivity index (χ1) is 14.4. The van der Waals surface area contributed by atoms with Gasteiger partial charge in [0.2, 0.25) is 10.0 Å². The maximum absolute atomic E-state index is 12.3. The number of sulfonamides is 1. The Hall–Kier alpha value is -0.584. The van der Waals surface area contributed by atoms with Crippen LogP contribution in [0.2, 0.25) is 5.02 Å². The quantitative estimate of drug-likeness (QED) is 0.326. The first-order valence-corrected chi connectivity index (χ1v) is 11.7. The van der Waals surface area contributed by atoms with Crippen LogP contribution in [-0.4, -0.2) is 25.9 Å². The second-order valence-electron chi connectivity index (χ2n) is 7.05. The summed E-state index contributed by atoms with van der Waals surface area (Å²) in [6, 6.07) is 9.82. The second kappa shape index (κ2) is 15.3. The van der Waals surface area contributed by atoms with Gasteiger partial charge in [-0.2, -0.15) is 0 Å². The van der Waals surface area contributed by atoms with E-state index < -0.39 is 16.0 Å². The first kappa shape index (κ1) is 28.4. The summed E-state index contributed by atoms with van der Waals surface area (Å²) in [6.45, 7) is 0.323. The van der Waals surface area contributed by atoms with Gasteiger partial charge in [0.05, 0.1) is 4.90 Å². The van der Waals surface area contributed by atoms with Crippen molar-refractivity contribution in [2.24, 2.45) is 5.92 Å². The molecule has 2 rings (SSSR count). The largest absolute Gasteiger partial charge is 1.00 e. The Labute approximate surface area is 232 Å². The van der Waals surface area contributed by atoms with Gasteiger partial charge in [-0.15, -0.1) is 0 Å². The van der Waals surface area contributed by atoms with E-state index in [1.54, 1.807) is 12.4 Å². The van der Waals surface area contributed by atoms with Gasteiger partial charge < -0.3 is 9.90 Å². The minimum absolute atomic E-state index is 0. The van der Waals surface area contributed by atoms with Gasteiger partial charge in [0, 0.05) is 29.9 Å². The van der Waals surface area contributed by atoms with Crippen LogP contribution < -0.4 is 61.2 Å².